The Bertz CT molecular complexity index is 629. The van der Waals surface area contributed by atoms with Gasteiger partial charge in [0.1, 0.15) is 0 Å². The SMILES string of the molecule is CCCCCCCCCCCCCCCCCCCCCCN(CCCCCCCCCCCCCCCCCCCCCC)C(CC)CC(=O)[O-].[Li+]. The number of carbonyl (C=O) groups is 1. The van der Waals surface area contributed by atoms with E-state index in [0.717, 1.165) is 19.5 Å². The van der Waals surface area contributed by atoms with Gasteiger partial charge < -0.3 is 14.8 Å². The first-order valence-electron chi connectivity index (χ1n) is 24.6. The molecule has 0 aliphatic heterocycles. The van der Waals surface area contributed by atoms with Crippen LogP contribution in [0.1, 0.15) is 290 Å². The monoisotopic (exact) mass is 740 g/mol. The molecule has 0 aromatic heterocycles. The summed E-state index contributed by atoms with van der Waals surface area (Å²) in [7, 11) is 0. The summed E-state index contributed by atoms with van der Waals surface area (Å²) >= 11 is 0. The minimum absolute atomic E-state index is 0. The predicted octanol–water partition coefficient (Wildman–Crippen LogP) is 12.9. The molecule has 0 amide bonds. The van der Waals surface area contributed by atoms with E-state index >= 15 is 0 Å². The van der Waals surface area contributed by atoms with Crippen LogP contribution in [-0.4, -0.2) is 30.0 Å². The van der Waals surface area contributed by atoms with E-state index in [1.807, 2.05) is 0 Å². The van der Waals surface area contributed by atoms with Gasteiger partial charge in [-0.25, -0.2) is 0 Å². The number of aliphatic carboxylic acids is 1. The molecule has 0 heterocycles. The first-order chi connectivity index (χ1) is 25.7. The second-order valence-electron chi connectivity index (χ2n) is 17.1. The van der Waals surface area contributed by atoms with Crippen LogP contribution in [0.15, 0.2) is 0 Å². The summed E-state index contributed by atoms with van der Waals surface area (Å²) in [4.78, 5) is 13.9. The molecule has 0 saturated heterocycles. The number of unbranched alkanes of at least 4 members (excludes halogenated alkanes) is 38. The molecule has 0 spiro atoms. The van der Waals surface area contributed by atoms with Crippen LogP contribution in [0.2, 0.25) is 0 Å². The Morgan fingerprint density at radius 1 is 0.358 bits per heavy atom. The van der Waals surface area contributed by atoms with Gasteiger partial charge in [-0.15, -0.1) is 0 Å². The van der Waals surface area contributed by atoms with Gasteiger partial charge in [-0.2, -0.15) is 0 Å². The van der Waals surface area contributed by atoms with Gasteiger partial charge in [0.2, 0.25) is 0 Å². The fourth-order valence-corrected chi connectivity index (χ4v) is 8.34. The van der Waals surface area contributed by atoms with E-state index in [9.17, 15) is 9.90 Å². The van der Waals surface area contributed by atoms with Crippen molar-refractivity contribution in [2.45, 2.75) is 296 Å². The third kappa shape index (κ3) is 44.6. The second kappa shape index (κ2) is 48.2. The molecule has 3 nitrogen and oxygen atoms in total. The van der Waals surface area contributed by atoms with E-state index in [-0.39, 0.29) is 31.3 Å². The molecular weight excluding hydrogens is 641 g/mol. The van der Waals surface area contributed by atoms with E-state index in [2.05, 4.69) is 25.7 Å². The summed E-state index contributed by atoms with van der Waals surface area (Å²) in [6.07, 6.45) is 57.5. The Balaban J connectivity index is 0. The zero-order valence-corrected chi connectivity index (χ0v) is 37.5. The average Bonchev–Trinajstić information content (AvgIpc) is 3.14. The molecule has 0 saturated carbocycles. The Morgan fingerprint density at radius 2 is 0.547 bits per heavy atom. The Hall–Kier alpha value is 0.0274. The van der Waals surface area contributed by atoms with E-state index in [1.54, 1.807) is 0 Å². The van der Waals surface area contributed by atoms with Crippen LogP contribution in [0.4, 0.5) is 0 Å². The Morgan fingerprint density at radius 3 is 0.717 bits per heavy atom. The number of hydrogen-bond donors (Lipinski definition) is 0. The Kier molecular flexibility index (Phi) is 50.1. The van der Waals surface area contributed by atoms with Crippen LogP contribution >= 0.6 is 0 Å². The van der Waals surface area contributed by atoms with Gasteiger partial charge in [-0.1, -0.05) is 265 Å². The topological polar surface area (TPSA) is 43.4 Å². The van der Waals surface area contributed by atoms with Crippen molar-refractivity contribution in [3.05, 3.63) is 0 Å². The molecular formula is C49H98LiNO2. The number of carboxylic acid groups (broad SMARTS) is 1. The smallest absolute Gasteiger partial charge is 0.550 e. The quantitative estimate of drug-likeness (QED) is 0.0461. The maximum atomic E-state index is 11.5. The molecule has 0 radical (unpaired) electrons. The van der Waals surface area contributed by atoms with Crippen molar-refractivity contribution >= 4 is 5.97 Å². The van der Waals surface area contributed by atoms with Crippen LogP contribution < -0.4 is 24.0 Å². The van der Waals surface area contributed by atoms with Crippen molar-refractivity contribution in [1.29, 1.82) is 0 Å². The third-order valence-electron chi connectivity index (χ3n) is 12.0. The number of carboxylic acids is 1. The first kappa shape index (κ1) is 55.1. The third-order valence-corrected chi connectivity index (χ3v) is 12.0. The molecule has 1 atom stereocenters. The zero-order chi connectivity index (χ0) is 37.8. The molecule has 53 heavy (non-hydrogen) atoms. The number of rotatable bonds is 46. The van der Waals surface area contributed by atoms with E-state index < -0.39 is 5.97 Å². The van der Waals surface area contributed by atoms with Gasteiger partial charge in [0.15, 0.2) is 0 Å². The number of hydrogen-bond acceptors (Lipinski definition) is 3. The molecule has 0 aliphatic rings. The van der Waals surface area contributed by atoms with Crippen LogP contribution in [-0.2, 0) is 4.79 Å². The van der Waals surface area contributed by atoms with Gasteiger partial charge in [-0.05, 0) is 32.4 Å². The summed E-state index contributed by atoms with van der Waals surface area (Å²) in [5.74, 6) is -0.885. The maximum absolute atomic E-state index is 11.5. The average molecular weight is 740 g/mol. The van der Waals surface area contributed by atoms with Crippen LogP contribution in [0, 0.1) is 0 Å². The Labute approximate surface area is 347 Å². The summed E-state index contributed by atoms with van der Waals surface area (Å²) < 4.78 is 0. The second-order valence-corrected chi connectivity index (χ2v) is 17.1. The molecule has 0 aliphatic carbocycles. The molecule has 4 heteroatoms. The van der Waals surface area contributed by atoms with Crippen molar-refractivity contribution in [3.63, 3.8) is 0 Å². The largest absolute Gasteiger partial charge is 1.00 e. The standard InChI is InChI=1S/C49H99NO2.Li/c1-4-7-9-11-13-15-17-19-21-23-25-27-29-31-33-35-37-39-41-43-45-50(48(6-3)47-49(51)52)46-44-42-40-38-36-34-32-30-28-26-24-22-20-18-16-14-12-10-8-5-2;/h48H,4-47H2,1-3H3,(H,51,52);/q;+1/p-1. The fourth-order valence-electron chi connectivity index (χ4n) is 8.34. The van der Waals surface area contributed by atoms with Crippen LogP contribution in [0.3, 0.4) is 0 Å². The first-order valence-corrected chi connectivity index (χ1v) is 24.6. The van der Waals surface area contributed by atoms with Crippen molar-refractivity contribution in [2.24, 2.45) is 0 Å². The molecule has 1 unspecified atom stereocenters. The van der Waals surface area contributed by atoms with Gasteiger partial charge >= 0.3 is 18.9 Å². The van der Waals surface area contributed by atoms with Gasteiger partial charge in [0.05, 0.1) is 0 Å². The van der Waals surface area contributed by atoms with E-state index in [1.165, 1.54) is 257 Å². The number of nitrogens with zero attached hydrogens (tertiary/aromatic N) is 1. The fraction of sp³-hybridized carbons (Fsp3) is 0.980. The minimum Gasteiger partial charge on any atom is -0.550 e. The molecule has 0 aromatic carbocycles. The number of carbonyl (C=O) groups excluding carboxylic acids is 1. The summed E-state index contributed by atoms with van der Waals surface area (Å²) in [5.41, 5.74) is 0. The van der Waals surface area contributed by atoms with Crippen molar-refractivity contribution in [3.8, 4) is 0 Å². The molecule has 312 valence electrons. The van der Waals surface area contributed by atoms with Crippen molar-refractivity contribution in [1.82, 2.24) is 4.90 Å². The van der Waals surface area contributed by atoms with Crippen LogP contribution in [0.25, 0.3) is 0 Å². The molecule has 0 aromatic rings. The van der Waals surface area contributed by atoms with E-state index in [4.69, 9.17) is 0 Å². The van der Waals surface area contributed by atoms with E-state index in [0.29, 0.717) is 0 Å². The molecule has 0 fully saturated rings. The minimum atomic E-state index is -0.885. The van der Waals surface area contributed by atoms with Gasteiger partial charge in [0, 0.05) is 18.4 Å². The van der Waals surface area contributed by atoms with Crippen molar-refractivity contribution in [2.75, 3.05) is 13.1 Å². The summed E-state index contributed by atoms with van der Waals surface area (Å²) in [6.45, 7) is 8.87. The van der Waals surface area contributed by atoms with Gasteiger partial charge in [-0.3, -0.25) is 0 Å². The molecule has 0 bridgehead atoms. The van der Waals surface area contributed by atoms with Crippen LogP contribution in [0.5, 0.6) is 0 Å². The molecule has 0 rings (SSSR count). The normalized spacial score (nSPS) is 12.1. The molecule has 0 N–H and O–H groups in total. The predicted molar refractivity (Wildman–Crippen MR) is 231 cm³/mol. The summed E-state index contributed by atoms with van der Waals surface area (Å²) in [6, 6.07) is 0.144. The maximum Gasteiger partial charge on any atom is 1.00 e. The summed E-state index contributed by atoms with van der Waals surface area (Å²) in [5, 5.41) is 11.5. The van der Waals surface area contributed by atoms with Gasteiger partial charge in [0.25, 0.3) is 0 Å². The van der Waals surface area contributed by atoms with Crippen molar-refractivity contribution < 1.29 is 28.8 Å². The zero-order valence-electron chi connectivity index (χ0n) is 37.5.